The Morgan fingerprint density at radius 3 is 2.73 bits per heavy atom. The van der Waals surface area contributed by atoms with Crippen molar-refractivity contribution in [3.05, 3.63) is 51.7 Å². The number of nitrogen functional groups attached to an aromatic ring is 1. The van der Waals surface area contributed by atoms with Crippen LogP contribution in [0, 0.1) is 10.1 Å². The lowest BCUT2D eigenvalue weighted by Gasteiger charge is -2.00. The number of benzene rings is 1. The third-order valence-corrected chi connectivity index (χ3v) is 5.25. The molecule has 0 saturated carbocycles. The maximum absolute atomic E-state index is 10.7. The number of fused-ring (bicyclic) bond motifs is 2. The Bertz CT molecular complexity index is 900. The Hall–Kier alpha value is -2.47. The fraction of sp³-hybridized carbons (Fsp3) is 0.188. The number of hydrogen-bond donors (Lipinski definition) is 1. The molecule has 0 saturated heterocycles. The fourth-order valence-corrected chi connectivity index (χ4v) is 4.05. The maximum atomic E-state index is 10.7. The SMILES string of the molecule is Nc1c(-c2ccc([N+](=O)[O-])cc2)sc2nc3c(cc12)CCC3. The summed E-state index contributed by atoms with van der Waals surface area (Å²) in [6.07, 6.45) is 3.27. The highest BCUT2D eigenvalue weighted by Crippen LogP contribution is 2.41. The van der Waals surface area contributed by atoms with Gasteiger partial charge in [0.1, 0.15) is 4.83 Å². The Morgan fingerprint density at radius 1 is 1.23 bits per heavy atom. The largest absolute Gasteiger partial charge is 0.397 e. The van der Waals surface area contributed by atoms with Crippen molar-refractivity contribution in [1.82, 2.24) is 4.98 Å². The first-order valence-corrected chi connectivity index (χ1v) is 7.91. The summed E-state index contributed by atoms with van der Waals surface area (Å²) in [7, 11) is 0. The molecular weight excluding hydrogens is 298 g/mol. The van der Waals surface area contributed by atoms with Crippen LogP contribution in [-0.2, 0) is 12.8 Å². The van der Waals surface area contributed by atoms with Gasteiger partial charge in [0.25, 0.3) is 5.69 Å². The molecule has 0 atom stereocenters. The van der Waals surface area contributed by atoms with Crippen molar-refractivity contribution in [1.29, 1.82) is 0 Å². The van der Waals surface area contributed by atoms with Gasteiger partial charge in [-0.25, -0.2) is 4.98 Å². The molecular formula is C16H13N3O2S. The summed E-state index contributed by atoms with van der Waals surface area (Å²) in [5.74, 6) is 0. The van der Waals surface area contributed by atoms with Gasteiger partial charge >= 0.3 is 0 Å². The lowest BCUT2D eigenvalue weighted by Crippen LogP contribution is -1.90. The monoisotopic (exact) mass is 311 g/mol. The number of rotatable bonds is 2. The van der Waals surface area contributed by atoms with E-state index in [2.05, 4.69) is 6.07 Å². The van der Waals surface area contributed by atoms with E-state index in [9.17, 15) is 10.1 Å². The van der Waals surface area contributed by atoms with E-state index in [0.717, 1.165) is 45.6 Å². The first-order valence-electron chi connectivity index (χ1n) is 7.09. The summed E-state index contributed by atoms with van der Waals surface area (Å²) in [6, 6.07) is 8.66. The van der Waals surface area contributed by atoms with E-state index in [-0.39, 0.29) is 5.69 Å². The van der Waals surface area contributed by atoms with E-state index >= 15 is 0 Å². The van der Waals surface area contributed by atoms with Gasteiger partial charge in [0, 0.05) is 23.2 Å². The smallest absolute Gasteiger partial charge is 0.269 e. The second kappa shape index (κ2) is 4.78. The molecule has 3 aromatic rings. The van der Waals surface area contributed by atoms with E-state index in [4.69, 9.17) is 10.7 Å². The second-order valence-corrected chi connectivity index (χ2v) is 6.45. The topological polar surface area (TPSA) is 82.0 Å². The van der Waals surface area contributed by atoms with Gasteiger partial charge in [0.05, 0.1) is 15.5 Å². The standard InChI is InChI=1S/C16H13N3O2S/c17-14-12-8-10-2-1-3-13(10)18-16(12)22-15(14)9-4-6-11(7-5-9)19(20)21/h4-8H,1-3,17H2. The summed E-state index contributed by atoms with van der Waals surface area (Å²) in [4.78, 5) is 17.0. The Morgan fingerprint density at radius 2 is 2.00 bits per heavy atom. The Balaban J connectivity index is 1.85. The molecule has 2 heterocycles. The molecule has 1 aliphatic rings. The molecule has 0 radical (unpaired) electrons. The van der Waals surface area contributed by atoms with Gasteiger partial charge < -0.3 is 5.73 Å². The van der Waals surface area contributed by atoms with Gasteiger partial charge in [0.2, 0.25) is 0 Å². The summed E-state index contributed by atoms with van der Waals surface area (Å²) >= 11 is 1.55. The molecule has 5 nitrogen and oxygen atoms in total. The van der Waals surface area contributed by atoms with E-state index in [0.29, 0.717) is 0 Å². The molecule has 0 spiro atoms. The predicted molar refractivity (Wildman–Crippen MR) is 88.1 cm³/mol. The number of pyridine rings is 1. The molecule has 4 rings (SSSR count). The van der Waals surface area contributed by atoms with Crippen LogP contribution in [0.5, 0.6) is 0 Å². The first kappa shape index (κ1) is 13.2. The average Bonchev–Trinajstić information content (AvgIpc) is 3.10. The number of nitrogens with zero attached hydrogens (tertiary/aromatic N) is 2. The van der Waals surface area contributed by atoms with E-state index in [1.54, 1.807) is 23.5 Å². The van der Waals surface area contributed by atoms with Gasteiger partial charge in [-0.3, -0.25) is 10.1 Å². The van der Waals surface area contributed by atoms with Crippen LogP contribution in [0.2, 0.25) is 0 Å². The lowest BCUT2D eigenvalue weighted by molar-refractivity contribution is -0.384. The molecule has 2 aromatic heterocycles. The van der Waals surface area contributed by atoms with Crippen molar-refractivity contribution < 1.29 is 4.92 Å². The normalized spacial score (nSPS) is 13.5. The Kier molecular flexibility index (Phi) is 2.87. The van der Waals surface area contributed by atoms with Crippen molar-refractivity contribution >= 4 is 32.9 Å². The van der Waals surface area contributed by atoms with Gasteiger partial charge in [-0.15, -0.1) is 11.3 Å². The molecule has 0 fully saturated rings. The molecule has 22 heavy (non-hydrogen) atoms. The van der Waals surface area contributed by atoms with Crippen LogP contribution < -0.4 is 5.73 Å². The Labute approximate surface area is 130 Å². The van der Waals surface area contributed by atoms with Crippen LogP contribution in [0.15, 0.2) is 30.3 Å². The number of anilines is 1. The van der Waals surface area contributed by atoms with Crippen LogP contribution >= 0.6 is 11.3 Å². The molecule has 1 aromatic carbocycles. The minimum Gasteiger partial charge on any atom is -0.397 e. The van der Waals surface area contributed by atoms with Gasteiger partial charge in [-0.05, 0) is 48.6 Å². The summed E-state index contributed by atoms with van der Waals surface area (Å²) in [5, 5.41) is 11.7. The van der Waals surface area contributed by atoms with Crippen LogP contribution in [0.25, 0.3) is 20.7 Å². The molecule has 0 bridgehead atoms. The van der Waals surface area contributed by atoms with Crippen molar-refractivity contribution in [2.45, 2.75) is 19.3 Å². The minimum atomic E-state index is -0.399. The van der Waals surface area contributed by atoms with Crippen LogP contribution in [0.1, 0.15) is 17.7 Å². The molecule has 0 aliphatic heterocycles. The number of hydrogen-bond acceptors (Lipinski definition) is 5. The zero-order chi connectivity index (χ0) is 15.3. The minimum absolute atomic E-state index is 0.0838. The molecule has 110 valence electrons. The second-order valence-electron chi connectivity index (χ2n) is 5.45. The number of aromatic nitrogens is 1. The van der Waals surface area contributed by atoms with E-state index < -0.39 is 4.92 Å². The van der Waals surface area contributed by atoms with E-state index in [1.807, 2.05) is 0 Å². The maximum Gasteiger partial charge on any atom is 0.269 e. The van der Waals surface area contributed by atoms with Crippen LogP contribution in [0.4, 0.5) is 11.4 Å². The van der Waals surface area contributed by atoms with Crippen LogP contribution in [0.3, 0.4) is 0 Å². The average molecular weight is 311 g/mol. The highest BCUT2D eigenvalue weighted by Gasteiger charge is 2.18. The summed E-state index contributed by atoms with van der Waals surface area (Å²) < 4.78 is 0. The zero-order valence-corrected chi connectivity index (χ0v) is 12.5. The number of nitro groups is 1. The highest BCUT2D eigenvalue weighted by molar-refractivity contribution is 7.22. The highest BCUT2D eigenvalue weighted by atomic mass is 32.1. The van der Waals surface area contributed by atoms with Crippen molar-refractivity contribution in [2.75, 3.05) is 5.73 Å². The van der Waals surface area contributed by atoms with Crippen molar-refractivity contribution in [2.24, 2.45) is 0 Å². The van der Waals surface area contributed by atoms with Gasteiger partial charge in [-0.2, -0.15) is 0 Å². The summed E-state index contributed by atoms with van der Waals surface area (Å²) in [6.45, 7) is 0. The number of nitro benzene ring substituents is 1. The summed E-state index contributed by atoms with van der Waals surface area (Å²) in [5.41, 5.74) is 10.5. The number of nitrogens with two attached hydrogens (primary N) is 1. The fourth-order valence-electron chi connectivity index (χ4n) is 2.95. The molecule has 6 heteroatoms. The molecule has 2 N–H and O–H groups in total. The molecule has 0 unspecified atom stereocenters. The van der Waals surface area contributed by atoms with Crippen molar-refractivity contribution in [3.63, 3.8) is 0 Å². The third kappa shape index (κ3) is 1.95. The zero-order valence-electron chi connectivity index (χ0n) is 11.7. The van der Waals surface area contributed by atoms with Crippen molar-refractivity contribution in [3.8, 4) is 10.4 Å². The van der Waals surface area contributed by atoms with E-state index in [1.165, 1.54) is 23.4 Å². The quantitative estimate of drug-likeness (QED) is 0.574. The number of aryl methyl sites for hydroxylation is 2. The van der Waals surface area contributed by atoms with Gasteiger partial charge in [-0.1, -0.05) is 0 Å². The lowest BCUT2D eigenvalue weighted by atomic mass is 10.1. The number of non-ortho nitro benzene ring substituents is 1. The van der Waals surface area contributed by atoms with Gasteiger partial charge in [0.15, 0.2) is 0 Å². The number of thiophene rings is 1. The molecule has 0 amide bonds. The first-order chi connectivity index (χ1) is 10.6. The van der Waals surface area contributed by atoms with Crippen LogP contribution in [-0.4, -0.2) is 9.91 Å². The molecule has 1 aliphatic carbocycles. The third-order valence-electron chi connectivity index (χ3n) is 4.09. The predicted octanol–water partition coefficient (Wildman–Crippen LogP) is 3.94.